The number of hydrogen-bond acceptors (Lipinski definition) is 6. The number of alkyl halides is 3. The number of nitrogens with zero attached hydrogens (tertiary/aromatic N) is 2. The van der Waals surface area contributed by atoms with Crippen LogP contribution < -0.4 is 15.4 Å². The number of para-hydroxylation sites is 1. The largest absolute Gasteiger partial charge is 0.573 e. The second-order valence-corrected chi connectivity index (χ2v) is 7.44. The van der Waals surface area contributed by atoms with Crippen LogP contribution in [0.5, 0.6) is 5.75 Å². The molecule has 3 aromatic rings. The fraction of sp³-hybridized carbons (Fsp3) is 0.273. The van der Waals surface area contributed by atoms with Crippen molar-refractivity contribution in [1.82, 2.24) is 9.97 Å². The van der Waals surface area contributed by atoms with Crippen LogP contribution in [0, 0.1) is 17.6 Å². The number of aliphatic hydroxyl groups excluding tert-OH is 1. The lowest BCUT2D eigenvalue weighted by Crippen LogP contribution is -2.30. The van der Waals surface area contributed by atoms with Crippen LogP contribution in [-0.2, 0) is 0 Å². The van der Waals surface area contributed by atoms with Crippen LogP contribution in [0.15, 0.2) is 48.5 Å². The van der Waals surface area contributed by atoms with E-state index in [-0.39, 0.29) is 35.5 Å². The van der Waals surface area contributed by atoms with E-state index >= 15 is 0 Å². The van der Waals surface area contributed by atoms with E-state index < -0.39 is 35.5 Å². The summed E-state index contributed by atoms with van der Waals surface area (Å²) in [7, 11) is 0. The summed E-state index contributed by atoms with van der Waals surface area (Å²) in [5.41, 5.74) is -0.0611. The number of benzene rings is 2. The highest BCUT2D eigenvalue weighted by molar-refractivity contribution is 5.68. The van der Waals surface area contributed by atoms with Crippen LogP contribution in [0.1, 0.15) is 13.8 Å². The molecule has 0 aliphatic rings. The Bertz CT molecular complexity index is 1090. The van der Waals surface area contributed by atoms with E-state index in [4.69, 9.17) is 0 Å². The predicted octanol–water partition coefficient (Wildman–Crippen LogP) is 5.49. The number of aromatic nitrogens is 2. The van der Waals surface area contributed by atoms with Gasteiger partial charge in [0.05, 0.1) is 18.3 Å². The van der Waals surface area contributed by atoms with Gasteiger partial charge in [-0.2, -0.15) is 4.98 Å². The van der Waals surface area contributed by atoms with Crippen molar-refractivity contribution < 1.29 is 31.8 Å². The highest BCUT2D eigenvalue weighted by Gasteiger charge is 2.31. The van der Waals surface area contributed by atoms with E-state index in [1.165, 1.54) is 24.3 Å². The summed E-state index contributed by atoms with van der Waals surface area (Å²) in [6.07, 6.45) is -4.88. The first-order valence-electron chi connectivity index (χ1n) is 9.89. The molecule has 0 unspecified atom stereocenters. The number of rotatable bonds is 8. The van der Waals surface area contributed by atoms with Gasteiger partial charge in [-0.3, -0.25) is 0 Å². The van der Waals surface area contributed by atoms with E-state index in [0.717, 1.165) is 24.3 Å². The lowest BCUT2D eigenvalue weighted by atomic mass is 10.1. The summed E-state index contributed by atoms with van der Waals surface area (Å²) in [5.74, 6) is -2.22. The Morgan fingerprint density at radius 3 is 2.27 bits per heavy atom. The molecule has 33 heavy (non-hydrogen) atoms. The van der Waals surface area contributed by atoms with E-state index in [0.29, 0.717) is 0 Å². The smallest absolute Gasteiger partial charge is 0.406 e. The van der Waals surface area contributed by atoms with Crippen molar-refractivity contribution in [3.05, 3.63) is 60.2 Å². The van der Waals surface area contributed by atoms with Crippen molar-refractivity contribution in [2.45, 2.75) is 26.3 Å². The molecule has 1 heterocycles. The molecule has 0 saturated carbocycles. The summed E-state index contributed by atoms with van der Waals surface area (Å²) >= 11 is 0. The zero-order valence-electron chi connectivity index (χ0n) is 17.6. The molecule has 0 aliphatic carbocycles. The first kappa shape index (κ1) is 24.2. The average molecular weight is 468 g/mol. The topological polar surface area (TPSA) is 79.3 Å². The van der Waals surface area contributed by atoms with Gasteiger partial charge in [0.25, 0.3) is 0 Å². The first-order valence-corrected chi connectivity index (χ1v) is 9.89. The van der Waals surface area contributed by atoms with Crippen molar-refractivity contribution in [2.24, 2.45) is 5.92 Å². The third-order valence-corrected chi connectivity index (χ3v) is 4.62. The Balaban J connectivity index is 2.05. The SMILES string of the molecule is CC(C)[C@H](CO)Nc1nc(Nc2c(F)cccc2F)cc(-c2cccc(OC(F)(F)F)c2)n1. The van der Waals surface area contributed by atoms with Gasteiger partial charge in [0.1, 0.15) is 28.9 Å². The van der Waals surface area contributed by atoms with Crippen molar-refractivity contribution in [3.63, 3.8) is 0 Å². The van der Waals surface area contributed by atoms with Gasteiger partial charge in [0, 0.05) is 11.6 Å². The summed E-state index contributed by atoms with van der Waals surface area (Å²) in [4.78, 5) is 8.50. The molecule has 1 atom stereocenters. The van der Waals surface area contributed by atoms with Gasteiger partial charge >= 0.3 is 6.36 Å². The van der Waals surface area contributed by atoms with Crippen LogP contribution >= 0.6 is 0 Å². The van der Waals surface area contributed by atoms with E-state index in [2.05, 4.69) is 25.3 Å². The quantitative estimate of drug-likeness (QED) is 0.380. The minimum absolute atomic E-state index is 0.00152. The molecule has 0 bridgehead atoms. The van der Waals surface area contributed by atoms with Gasteiger partial charge in [0.15, 0.2) is 0 Å². The molecule has 0 amide bonds. The molecular weight excluding hydrogens is 447 g/mol. The number of anilines is 3. The molecule has 1 aromatic heterocycles. The predicted molar refractivity (Wildman–Crippen MR) is 113 cm³/mol. The Kier molecular flexibility index (Phi) is 7.32. The van der Waals surface area contributed by atoms with Crippen LogP contribution in [-0.4, -0.2) is 34.1 Å². The molecule has 0 spiro atoms. The fourth-order valence-electron chi connectivity index (χ4n) is 2.91. The minimum atomic E-state index is -4.88. The Hall–Kier alpha value is -3.47. The molecule has 6 nitrogen and oxygen atoms in total. The number of hydrogen-bond donors (Lipinski definition) is 3. The third kappa shape index (κ3) is 6.51. The Morgan fingerprint density at radius 1 is 1.00 bits per heavy atom. The standard InChI is InChI=1S/C22H21F5N4O2/c1-12(2)18(11-32)29-21-28-17(13-5-3-6-14(9-13)33-22(25,26)27)10-19(31-21)30-20-15(23)7-4-8-16(20)24/h3-10,12,18,32H,11H2,1-2H3,(H2,28,29,30,31)/t18-/m0/s1. The minimum Gasteiger partial charge on any atom is -0.406 e. The van der Waals surface area contributed by atoms with Crippen LogP contribution in [0.3, 0.4) is 0 Å². The number of halogens is 5. The molecule has 0 fully saturated rings. The molecular formula is C22H21F5N4O2. The van der Waals surface area contributed by atoms with Crippen LogP contribution in [0.25, 0.3) is 11.3 Å². The zero-order valence-corrected chi connectivity index (χ0v) is 17.6. The van der Waals surface area contributed by atoms with Crippen molar-refractivity contribution >= 4 is 17.5 Å². The molecule has 0 radical (unpaired) electrons. The maximum Gasteiger partial charge on any atom is 0.573 e. The van der Waals surface area contributed by atoms with E-state index in [1.807, 2.05) is 13.8 Å². The zero-order chi connectivity index (χ0) is 24.2. The third-order valence-electron chi connectivity index (χ3n) is 4.62. The summed E-state index contributed by atoms with van der Waals surface area (Å²) in [5, 5.41) is 15.1. The van der Waals surface area contributed by atoms with Gasteiger partial charge in [-0.25, -0.2) is 13.8 Å². The van der Waals surface area contributed by atoms with E-state index in [1.54, 1.807) is 0 Å². The number of aliphatic hydroxyl groups is 1. The molecule has 11 heteroatoms. The number of ether oxygens (including phenoxy) is 1. The van der Waals surface area contributed by atoms with Gasteiger partial charge in [-0.05, 0) is 30.2 Å². The van der Waals surface area contributed by atoms with Crippen molar-refractivity contribution in [3.8, 4) is 17.0 Å². The van der Waals surface area contributed by atoms with Gasteiger partial charge in [-0.1, -0.05) is 32.0 Å². The van der Waals surface area contributed by atoms with Crippen molar-refractivity contribution in [1.29, 1.82) is 0 Å². The molecule has 176 valence electrons. The Labute approximate surface area is 186 Å². The van der Waals surface area contributed by atoms with E-state index in [9.17, 15) is 27.1 Å². The summed E-state index contributed by atoms with van der Waals surface area (Å²) in [6, 6.07) is 9.30. The summed E-state index contributed by atoms with van der Waals surface area (Å²) < 4.78 is 70.1. The lowest BCUT2D eigenvalue weighted by molar-refractivity contribution is -0.274. The molecule has 2 aromatic carbocycles. The van der Waals surface area contributed by atoms with Gasteiger partial charge < -0.3 is 20.5 Å². The van der Waals surface area contributed by atoms with Gasteiger partial charge in [-0.15, -0.1) is 13.2 Å². The first-order chi connectivity index (χ1) is 15.6. The maximum atomic E-state index is 14.1. The molecule has 0 saturated heterocycles. The summed E-state index contributed by atoms with van der Waals surface area (Å²) in [6.45, 7) is 3.46. The van der Waals surface area contributed by atoms with Crippen molar-refractivity contribution in [2.75, 3.05) is 17.2 Å². The molecule has 0 aliphatic heterocycles. The second-order valence-electron chi connectivity index (χ2n) is 7.44. The second kappa shape index (κ2) is 9.99. The van der Waals surface area contributed by atoms with Gasteiger partial charge in [0.2, 0.25) is 5.95 Å². The van der Waals surface area contributed by atoms with Crippen LogP contribution in [0.2, 0.25) is 0 Å². The molecule has 3 rings (SSSR count). The highest BCUT2D eigenvalue weighted by atomic mass is 19.4. The maximum absolute atomic E-state index is 14.1. The average Bonchev–Trinajstić information content (AvgIpc) is 2.73. The molecule has 3 N–H and O–H groups in total. The fourth-order valence-corrected chi connectivity index (χ4v) is 2.91. The highest BCUT2D eigenvalue weighted by Crippen LogP contribution is 2.30. The number of nitrogens with one attached hydrogen (secondary N) is 2. The van der Waals surface area contributed by atoms with Crippen LogP contribution in [0.4, 0.5) is 39.4 Å². The Morgan fingerprint density at radius 2 is 1.67 bits per heavy atom. The normalized spacial score (nSPS) is 12.5. The lowest BCUT2D eigenvalue weighted by Gasteiger charge is -2.21. The monoisotopic (exact) mass is 468 g/mol.